The minimum Gasteiger partial charge on any atom is -0.278 e. The maximum absolute atomic E-state index is 13.0. The van der Waals surface area contributed by atoms with Gasteiger partial charge in [-0.2, -0.15) is 19.9 Å². The fourth-order valence-electron chi connectivity index (χ4n) is 7.16. The number of fused-ring (bicyclic) bond motifs is 6. The van der Waals surface area contributed by atoms with Crippen molar-refractivity contribution >= 4 is 33.6 Å². The average Bonchev–Trinajstić information content (AvgIpc) is 3.70. The van der Waals surface area contributed by atoms with Crippen LogP contribution in [0.3, 0.4) is 0 Å². The summed E-state index contributed by atoms with van der Waals surface area (Å²) in [6.45, 7) is 0. The molecule has 4 heterocycles. The summed E-state index contributed by atoms with van der Waals surface area (Å²) in [5.74, 6) is 1.99. The first-order valence-electron chi connectivity index (χ1n) is 16.7. The van der Waals surface area contributed by atoms with Crippen LogP contribution in [0.2, 0.25) is 0 Å². The SMILES string of the molecule is O=c1nc(-c2ccccc2)n2c3ccccc3n(-c3cccc(-c4cccc(-n5c6ccccc6n6c(-c7ccccc7)nc(=O)nc56)c4)c3)c2n1. The molecule has 0 N–H and O–H groups in total. The van der Waals surface area contributed by atoms with Crippen molar-refractivity contribution in [2.24, 2.45) is 0 Å². The summed E-state index contributed by atoms with van der Waals surface area (Å²) >= 11 is 0. The molecule has 0 fully saturated rings. The molecule has 10 nitrogen and oxygen atoms in total. The van der Waals surface area contributed by atoms with E-state index in [0.29, 0.717) is 23.2 Å². The number of imidazole rings is 2. The third kappa shape index (κ3) is 4.58. The maximum atomic E-state index is 13.0. The molecule has 0 radical (unpaired) electrons. The minimum absolute atomic E-state index is 0.468. The quantitative estimate of drug-likeness (QED) is 0.189. The van der Waals surface area contributed by atoms with Crippen LogP contribution >= 0.6 is 0 Å². The van der Waals surface area contributed by atoms with Gasteiger partial charge >= 0.3 is 11.4 Å². The van der Waals surface area contributed by atoms with Gasteiger partial charge in [-0.05, 0) is 59.7 Å². The van der Waals surface area contributed by atoms with Crippen molar-refractivity contribution in [3.63, 3.8) is 0 Å². The Morgan fingerprint density at radius 1 is 0.346 bits per heavy atom. The fourth-order valence-corrected chi connectivity index (χ4v) is 7.16. The van der Waals surface area contributed by atoms with Crippen LogP contribution in [0.4, 0.5) is 0 Å². The van der Waals surface area contributed by atoms with Gasteiger partial charge in [-0.3, -0.25) is 17.9 Å². The third-order valence-electron chi connectivity index (χ3n) is 9.35. The molecule has 0 atom stereocenters. The summed E-state index contributed by atoms with van der Waals surface area (Å²) in [4.78, 5) is 43.6. The largest absolute Gasteiger partial charge is 0.372 e. The summed E-state index contributed by atoms with van der Waals surface area (Å²) < 4.78 is 7.88. The van der Waals surface area contributed by atoms with E-state index < -0.39 is 11.4 Å². The molecule has 0 spiro atoms. The van der Waals surface area contributed by atoms with Gasteiger partial charge in [-0.1, -0.05) is 109 Å². The van der Waals surface area contributed by atoms with Crippen molar-refractivity contribution < 1.29 is 0 Å². The molecule has 246 valence electrons. The number of rotatable bonds is 5. The Kier molecular flexibility index (Phi) is 6.55. The lowest BCUT2D eigenvalue weighted by molar-refractivity contribution is 0.956. The van der Waals surface area contributed by atoms with E-state index in [0.717, 1.165) is 55.7 Å². The van der Waals surface area contributed by atoms with E-state index in [4.69, 9.17) is 0 Å². The van der Waals surface area contributed by atoms with Gasteiger partial charge in [0.15, 0.2) is 11.6 Å². The molecular formula is C42H26N8O2. The number of hydrogen-bond acceptors (Lipinski definition) is 6. The molecule has 0 unspecified atom stereocenters. The highest BCUT2D eigenvalue weighted by Crippen LogP contribution is 2.33. The smallest absolute Gasteiger partial charge is 0.278 e. The molecule has 0 saturated carbocycles. The van der Waals surface area contributed by atoms with Crippen molar-refractivity contribution in [2.75, 3.05) is 0 Å². The van der Waals surface area contributed by atoms with Crippen molar-refractivity contribution in [3.05, 3.63) is 179 Å². The van der Waals surface area contributed by atoms with Gasteiger partial charge in [0, 0.05) is 22.5 Å². The molecule has 0 saturated heterocycles. The van der Waals surface area contributed by atoms with Gasteiger partial charge in [0.2, 0.25) is 11.6 Å². The second kappa shape index (κ2) is 11.6. The van der Waals surface area contributed by atoms with Crippen molar-refractivity contribution in [1.29, 1.82) is 0 Å². The zero-order valence-corrected chi connectivity index (χ0v) is 27.4. The van der Waals surface area contributed by atoms with E-state index in [2.05, 4.69) is 44.2 Å². The first kappa shape index (κ1) is 29.5. The molecule has 0 aliphatic rings. The van der Waals surface area contributed by atoms with Gasteiger partial charge in [-0.15, -0.1) is 0 Å². The van der Waals surface area contributed by atoms with Crippen molar-refractivity contribution in [2.45, 2.75) is 0 Å². The second-order valence-corrected chi connectivity index (χ2v) is 12.4. The van der Waals surface area contributed by atoms with Gasteiger partial charge in [0.05, 0.1) is 22.1 Å². The monoisotopic (exact) mass is 674 g/mol. The van der Waals surface area contributed by atoms with Crippen LogP contribution in [0.1, 0.15) is 0 Å². The minimum atomic E-state index is -0.559. The first-order valence-corrected chi connectivity index (χ1v) is 16.7. The van der Waals surface area contributed by atoms with Gasteiger partial charge in [-0.25, -0.2) is 9.59 Å². The Hall–Kier alpha value is -7.46. The van der Waals surface area contributed by atoms with Gasteiger partial charge in [0.1, 0.15) is 0 Å². The summed E-state index contributed by atoms with van der Waals surface area (Å²) in [6.07, 6.45) is 0. The van der Waals surface area contributed by atoms with Crippen LogP contribution in [0.5, 0.6) is 0 Å². The van der Waals surface area contributed by atoms with E-state index in [1.165, 1.54) is 0 Å². The predicted molar refractivity (Wildman–Crippen MR) is 202 cm³/mol. The van der Waals surface area contributed by atoms with Crippen LogP contribution in [0, 0.1) is 0 Å². The van der Waals surface area contributed by atoms with E-state index in [1.54, 1.807) is 0 Å². The molecule has 10 aromatic rings. The van der Waals surface area contributed by atoms with E-state index >= 15 is 0 Å². The van der Waals surface area contributed by atoms with E-state index in [-0.39, 0.29) is 0 Å². The Morgan fingerprint density at radius 2 is 0.712 bits per heavy atom. The van der Waals surface area contributed by atoms with Crippen LogP contribution in [-0.4, -0.2) is 37.9 Å². The number of hydrogen-bond donors (Lipinski definition) is 0. The second-order valence-electron chi connectivity index (χ2n) is 12.4. The highest BCUT2D eigenvalue weighted by molar-refractivity contribution is 5.87. The number of benzene rings is 6. The average molecular weight is 675 g/mol. The lowest BCUT2D eigenvalue weighted by Gasteiger charge is -2.11. The van der Waals surface area contributed by atoms with E-state index in [1.807, 2.05) is 151 Å². The maximum Gasteiger partial charge on any atom is 0.372 e. The van der Waals surface area contributed by atoms with Crippen molar-refractivity contribution in [1.82, 2.24) is 37.9 Å². The summed E-state index contributed by atoms with van der Waals surface area (Å²) in [7, 11) is 0. The number of nitrogens with zero attached hydrogens (tertiary/aromatic N) is 8. The van der Waals surface area contributed by atoms with Crippen molar-refractivity contribution in [3.8, 4) is 45.3 Å². The molecule has 6 aromatic carbocycles. The van der Waals surface area contributed by atoms with Crippen LogP contribution in [-0.2, 0) is 0 Å². The molecule has 52 heavy (non-hydrogen) atoms. The fraction of sp³-hybridized carbons (Fsp3) is 0. The normalized spacial score (nSPS) is 11.6. The third-order valence-corrected chi connectivity index (χ3v) is 9.35. The molecule has 0 aliphatic heterocycles. The Balaban J connectivity index is 1.16. The molecule has 10 heteroatoms. The standard InChI is InChI=1S/C42H26N8O2/c51-39-43-37(27-13-3-1-4-14-27)49-35-23-9-7-21-33(35)47(41(49)45-39)31-19-11-17-29(25-31)30-18-12-20-32(26-30)48-34-22-8-10-24-36(34)50-38(28-15-5-2-6-16-28)44-40(52)46-42(48)50/h1-26H. The first-order chi connectivity index (χ1) is 25.6. The zero-order valence-electron chi connectivity index (χ0n) is 27.4. The number of aromatic nitrogens is 8. The summed E-state index contributed by atoms with van der Waals surface area (Å²) in [5.41, 5.74) is 7.62. The van der Waals surface area contributed by atoms with E-state index in [9.17, 15) is 9.59 Å². The highest BCUT2D eigenvalue weighted by Gasteiger charge is 2.20. The highest BCUT2D eigenvalue weighted by atomic mass is 16.1. The van der Waals surface area contributed by atoms with Gasteiger partial charge in [0.25, 0.3) is 0 Å². The van der Waals surface area contributed by atoms with Crippen LogP contribution in [0.15, 0.2) is 167 Å². The lowest BCUT2D eigenvalue weighted by atomic mass is 10.0. The molecule has 0 aliphatic carbocycles. The molecule has 4 aromatic heterocycles. The molecule has 0 bridgehead atoms. The van der Waals surface area contributed by atoms with Gasteiger partial charge < -0.3 is 0 Å². The number of para-hydroxylation sites is 4. The Bertz CT molecular complexity index is 2910. The Labute approximate surface area is 294 Å². The summed E-state index contributed by atoms with van der Waals surface area (Å²) in [5, 5.41) is 0. The van der Waals surface area contributed by atoms with Crippen LogP contribution in [0.25, 0.3) is 78.9 Å². The summed E-state index contributed by atoms with van der Waals surface area (Å²) in [6, 6.07) is 51.6. The zero-order chi connectivity index (χ0) is 34.8. The lowest BCUT2D eigenvalue weighted by Crippen LogP contribution is -2.16. The topological polar surface area (TPSA) is 104 Å². The van der Waals surface area contributed by atoms with Crippen LogP contribution < -0.4 is 11.4 Å². The molecule has 10 rings (SSSR count). The Morgan fingerprint density at radius 3 is 1.13 bits per heavy atom. The molecule has 0 amide bonds. The molecular weight excluding hydrogens is 649 g/mol. The predicted octanol–water partition coefficient (Wildman–Crippen LogP) is 7.38.